The molecule has 0 unspecified atom stereocenters. The lowest BCUT2D eigenvalue weighted by molar-refractivity contribution is -0.139. The predicted octanol–water partition coefficient (Wildman–Crippen LogP) is 0.101. The first-order valence-corrected chi connectivity index (χ1v) is 11.1. The normalized spacial score (nSPS) is 11.2. The van der Waals surface area contributed by atoms with E-state index >= 15 is 0 Å². The van der Waals surface area contributed by atoms with Crippen LogP contribution in [-0.4, -0.2) is 132 Å². The van der Waals surface area contributed by atoms with Crippen LogP contribution in [0.25, 0.3) is 0 Å². The first-order valence-electron chi connectivity index (χ1n) is 11.1. The van der Waals surface area contributed by atoms with Crippen molar-refractivity contribution in [3.63, 3.8) is 0 Å². The Morgan fingerprint density at radius 1 is 0.394 bits per heavy atom. The van der Waals surface area contributed by atoms with Crippen LogP contribution in [0.1, 0.15) is 0 Å². The summed E-state index contributed by atoms with van der Waals surface area (Å²) in [6.45, 7) is 18.5. The van der Waals surface area contributed by atoms with Crippen LogP contribution in [-0.2, 0) is 52.2 Å². The molecule has 0 aromatic rings. The SMILES string of the molecule is [CH]COCCOCCOCCOCCOCCOCCOCCOCCOCCOC([CH])=O. The highest BCUT2D eigenvalue weighted by Crippen LogP contribution is 1.86. The van der Waals surface area contributed by atoms with Crippen LogP contribution in [0.3, 0.4) is 0 Å². The van der Waals surface area contributed by atoms with Crippen molar-refractivity contribution in [2.75, 3.05) is 126 Å². The lowest BCUT2D eigenvalue weighted by Gasteiger charge is -2.08. The summed E-state index contributed by atoms with van der Waals surface area (Å²) in [4.78, 5) is 10.3. The smallest absolute Gasteiger partial charge is 0.310 e. The van der Waals surface area contributed by atoms with Gasteiger partial charge in [0.2, 0.25) is 0 Å². The topological polar surface area (TPSA) is 109 Å². The molecule has 0 atom stereocenters. The summed E-state index contributed by atoms with van der Waals surface area (Å²) in [6.07, 6.45) is 0. The minimum atomic E-state index is -0.809. The summed E-state index contributed by atoms with van der Waals surface area (Å²) in [6, 6.07) is 0. The zero-order chi connectivity index (χ0) is 24.1. The molecule has 194 valence electrons. The van der Waals surface area contributed by atoms with Crippen molar-refractivity contribution >= 4 is 5.97 Å². The second-order valence-electron chi connectivity index (χ2n) is 6.14. The maximum Gasteiger partial charge on any atom is 0.310 e. The van der Waals surface area contributed by atoms with E-state index in [1.54, 1.807) is 0 Å². The van der Waals surface area contributed by atoms with E-state index in [9.17, 15) is 4.79 Å². The van der Waals surface area contributed by atoms with Gasteiger partial charge < -0.3 is 47.4 Å². The molecule has 0 spiro atoms. The summed E-state index contributed by atoms with van der Waals surface area (Å²) >= 11 is 0. The van der Waals surface area contributed by atoms with Crippen molar-refractivity contribution in [2.24, 2.45) is 0 Å². The molecule has 0 amide bonds. The van der Waals surface area contributed by atoms with Gasteiger partial charge in [0.25, 0.3) is 0 Å². The second kappa shape index (κ2) is 29.1. The summed E-state index contributed by atoms with van der Waals surface area (Å²) in [5, 5.41) is 0. The molecular formula is C22H40O11. The van der Waals surface area contributed by atoms with Crippen LogP contribution in [0.2, 0.25) is 0 Å². The van der Waals surface area contributed by atoms with Gasteiger partial charge in [0.05, 0.1) is 126 Å². The number of carbonyl (C=O) groups is 1. The Balaban J connectivity index is 3.01. The third-order valence-electron chi connectivity index (χ3n) is 3.57. The standard InChI is InChI=1S/C22H40O11/c1-3-24-4-5-25-6-7-26-8-9-27-10-11-28-12-13-29-14-15-30-16-17-31-18-19-32-20-21-33-22(2)23/h1-2H,3-21H2. The number of rotatable bonds is 28. The van der Waals surface area contributed by atoms with Crippen molar-refractivity contribution in [1.82, 2.24) is 0 Å². The molecule has 0 aromatic carbocycles. The Bertz CT molecular complexity index is 385. The molecule has 0 fully saturated rings. The highest BCUT2D eigenvalue weighted by molar-refractivity contribution is 5.73. The number of carbonyl (C=O) groups excluding carboxylic acids is 1. The minimum absolute atomic E-state index is 0.136. The van der Waals surface area contributed by atoms with Crippen LogP contribution in [0, 0.1) is 13.8 Å². The second-order valence-corrected chi connectivity index (χ2v) is 6.14. The highest BCUT2D eigenvalue weighted by atomic mass is 16.6. The lowest BCUT2D eigenvalue weighted by atomic mass is 10.6. The molecule has 4 radical (unpaired) electrons. The first-order chi connectivity index (χ1) is 16.3. The maximum atomic E-state index is 10.3. The fraction of sp³-hybridized carbons (Fsp3) is 0.864. The van der Waals surface area contributed by atoms with Crippen molar-refractivity contribution in [3.8, 4) is 0 Å². The van der Waals surface area contributed by atoms with E-state index in [4.69, 9.17) is 56.5 Å². The fourth-order valence-corrected chi connectivity index (χ4v) is 2.04. The average molecular weight is 481 g/mol. The Hall–Kier alpha value is -0.890. The number of esters is 1. The Labute approximate surface area is 198 Å². The van der Waals surface area contributed by atoms with E-state index < -0.39 is 5.97 Å². The van der Waals surface area contributed by atoms with Gasteiger partial charge in [0, 0.05) is 0 Å². The number of hydrogen-bond donors (Lipinski definition) is 0. The van der Waals surface area contributed by atoms with Gasteiger partial charge >= 0.3 is 5.97 Å². The van der Waals surface area contributed by atoms with E-state index in [2.05, 4.69) is 4.74 Å². The molecule has 11 heteroatoms. The summed E-state index contributed by atoms with van der Waals surface area (Å²) in [7, 11) is 0. The molecule has 0 rings (SSSR count). The van der Waals surface area contributed by atoms with E-state index in [0.717, 1.165) is 0 Å². The van der Waals surface area contributed by atoms with E-state index in [-0.39, 0.29) is 19.8 Å². The number of hydrogen-bond acceptors (Lipinski definition) is 11. The molecule has 0 aliphatic rings. The maximum absolute atomic E-state index is 10.3. The van der Waals surface area contributed by atoms with Crippen molar-refractivity contribution < 1.29 is 52.2 Å². The largest absolute Gasteiger partial charge is 0.463 e. The van der Waals surface area contributed by atoms with Crippen LogP contribution in [0.4, 0.5) is 0 Å². The molecule has 0 aliphatic carbocycles. The summed E-state index contributed by atoms with van der Waals surface area (Å²) in [5.74, 6) is -0.809. The van der Waals surface area contributed by atoms with Gasteiger partial charge in [-0.05, 0) is 6.92 Å². The van der Waals surface area contributed by atoms with Crippen molar-refractivity contribution in [3.05, 3.63) is 13.8 Å². The Morgan fingerprint density at radius 3 is 0.818 bits per heavy atom. The zero-order valence-electron chi connectivity index (χ0n) is 19.6. The van der Waals surface area contributed by atoms with Crippen molar-refractivity contribution in [1.29, 1.82) is 0 Å². The van der Waals surface area contributed by atoms with Gasteiger partial charge in [-0.15, -0.1) is 0 Å². The molecule has 0 N–H and O–H groups in total. The molecule has 0 saturated carbocycles. The first kappa shape index (κ1) is 32.1. The molecular weight excluding hydrogens is 440 g/mol. The molecule has 0 saturated heterocycles. The summed E-state index contributed by atoms with van der Waals surface area (Å²) < 4.78 is 52.2. The van der Waals surface area contributed by atoms with E-state index in [0.29, 0.717) is 106 Å². The van der Waals surface area contributed by atoms with Crippen LogP contribution < -0.4 is 0 Å². The fourth-order valence-electron chi connectivity index (χ4n) is 2.04. The molecule has 0 bridgehead atoms. The zero-order valence-corrected chi connectivity index (χ0v) is 19.6. The Morgan fingerprint density at radius 2 is 0.606 bits per heavy atom. The molecule has 0 heterocycles. The van der Waals surface area contributed by atoms with Crippen molar-refractivity contribution in [2.45, 2.75) is 0 Å². The van der Waals surface area contributed by atoms with Gasteiger partial charge in [-0.3, -0.25) is 4.79 Å². The minimum Gasteiger partial charge on any atom is -0.463 e. The van der Waals surface area contributed by atoms with Gasteiger partial charge in [-0.1, -0.05) is 0 Å². The molecule has 0 aliphatic heterocycles. The van der Waals surface area contributed by atoms with E-state index in [1.807, 2.05) is 0 Å². The Kier molecular flexibility index (Phi) is 28.4. The van der Waals surface area contributed by atoms with E-state index in [1.165, 1.54) is 0 Å². The van der Waals surface area contributed by atoms with Gasteiger partial charge in [0.15, 0.2) is 0 Å². The summed E-state index contributed by atoms with van der Waals surface area (Å²) in [5.41, 5.74) is 0. The van der Waals surface area contributed by atoms with Crippen LogP contribution in [0.15, 0.2) is 0 Å². The highest BCUT2D eigenvalue weighted by Gasteiger charge is 1.96. The van der Waals surface area contributed by atoms with Gasteiger partial charge in [-0.25, -0.2) is 0 Å². The third-order valence-corrected chi connectivity index (χ3v) is 3.57. The molecule has 0 aromatic heterocycles. The number of ether oxygens (including phenoxy) is 10. The third kappa shape index (κ3) is 31.1. The van der Waals surface area contributed by atoms with Gasteiger partial charge in [0.1, 0.15) is 6.61 Å². The molecule has 33 heavy (non-hydrogen) atoms. The van der Waals surface area contributed by atoms with Gasteiger partial charge in [-0.2, -0.15) is 0 Å². The lowest BCUT2D eigenvalue weighted by Crippen LogP contribution is -2.15. The predicted molar refractivity (Wildman–Crippen MR) is 117 cm³/mol. The van der Waals surface area contributed by atoms with Crippen LogP contribution in [0.5, 0.6) is 0 Å². The quantitative estimate of drug-likeness (QED) is 0.112. The monoisotopic (exact) mass is 480 g/mol. The molecule has 11 nitrogen and oxygen atoms in total. The average Bonchev–Trinajstić information content (AvgIpc) is 2.80. The van der Waals surface area contributed by atoms with Crippen LogP contribution >= 0.6 is 0 Å².